The maximum atomic E-state index is 12.4. The molecule has 1 N–H and O–H groups in total. The Kier molecular flexibility index (Phi) is 7.12. The van der Waals surface area contributed by atoms with Gasteiger partial charge in [0.2, 0.25) is 5.91 Å². The SMILES string of the molecule is COc1ccccc1NC(=O)Cc1nc(COC(=O)CCc2c(C)nc3ncnn3c2C)cs1. The van der Waals surface area contributed by atoms with Gasteiger partial charge in [0.15, 0.2) is 0 Å². The highest BCUT2D eigenvalue weighted by Gasteiger charge is 2.15. The maximum Gasteiger partial charge on any atom is 0.306 e. The molecule has 1 amide bonds. The van der Waals surface area contributed by atoms with Gasteiger partial charge < -0.3 is 14.8 Å². The number of ether oxygens (including phenoxy) is 2. The Morgan fingerprint density at radius 3 is 2.82 bits per heavy atom. The van der Waals surface area contributed by atoms with Crippen molar-refractivity contribution >= 4 is 34.7 Å². The summed E-state index contributed by atoms with van der Waals surface area (Å²) in [5.74, 6) is 0.592. The molecule has 176 valence electrons. The Morgan fingerprint density at radius 2 is 2.00 bits per heavy atom. The molecule has 0 saturated carbocycles. The highest BCUT2D eigenvalue weighted by molar-refractivity contribution is 7.09. The Bertz CT molecular complexity index is 1330. The standard InChI is InChI=1S/C23H24N6O4S/c1-14-17(15(2)29-23(26-14)24-13-25-29)8-9-22(31)33-11-16-12-34-21(27-16)10-20(30)28-18-6-4-5-7-19(18)32-3/h4-7,12-13H,8-11H2,1-3H3,(H,28,30). The number of para-hydroxylation sites is 2. The van der Waals surface area contributed by atoms with Crippen molar-refractivity contribution in [1.82, 2.24) is 24.6 Å². The Hall–Kier alpha value is -3.86. The number of benzene rings is 1. The number of aromatic nitrogens is 5. The van der Waals surface area contributed by atoms with Gasteiger partial charge in [0.05, 0.1) is 24.9 Å². The van der Waals surface area contributed by atoms with Gasteiger partial charge in [0.25, 0.3) is 5.78 Å². The van der Waals surface area contributed by atoms with Crippen LogP contribution in [0.4, 0.5) is 5.69 Å². The summed E-state index contributed by atoms with van der Waals surface area (Å²) in [6.07, 6.45) is 2.27. The van der Waals surface area contributed by atoms with Gasteiger partial charge in [0, 0.05) is 23.2 Å². The summed E-state index contributed by atoms with van der Waals surface area (Å²) in [4.78, 5) is 37.6. The number of fused-ring (bicyclic) bond motifs is 1. The van der Waals surface area contributed by atoms with Crippen molar-refractivity contribution in [3.05, 3.63) is 63.6 Å². The smallest absolute Gasteiger partial charge is 0.306 e. The topological polar surface area (TPSA) is 121 Å². The first-order valence-corrected chi connectivity index (χ1v) is 11.5. The summed E-state index contributed by atoms with van der Waals surface area (Å²) in [6.45, 7) is 3.88. The third-order valence-corrected chi connectivity index (χ3v) is 6.14. The molecule has 0 saturated heterocycles. The number of anilines is 1. The molecule has 0 aliphatic heterocycles. The fourth-order valence-corrected chi connectivity index (χ4v) is 4.32. The Balaban J connectivity index is 1.27. The van der Waals surface area contributed by atoms with Crippen molar-refractivity contribution in [3.8, 4) is 5.75 Å². The lowest BCUT2D eigenvalue weighted by atomic mass is 10.1. The van der Waals surface area contributed by atoms with Crippen molar-refractivity contribution in [1.29, 1.82) is 0 Å². The molecule has 4 rings (SSSR count). The summed E-state index contributed by atoms with van der Waals surface area (Å²) < 4.78 is 12.3. The van der Waals surface area contributed by atoms with E-state index in [-0.39, 0.29) is 31.3 Å². The number of rotatable bonds is 9. The van der Waals surface area contributed by atoms with E-state index in [2.05, 4.69) is 25.4 Å². The molecular weight excluding hydrogens is 456 g/mol. The largest absolute Gasteiger partial charge is 0.495 e. The molecule has 0 atom stereocenters. The number of thiazole rings is 1. The molecule has 0 unspecified atom stereocenters. The zero-order valence-corrected chi connectivity index (χ0v) is 19.9. The van der Waals surface area contributed by atoms with E-state index in [9.17, 15) is 9.59 Å². The van der Waals surface area contributed by atoms with Crippen molar-refractivity contribution in [2.24, 2.45) is 0 Å². The molecule has 0 aliphatic rings. The number of esters is 1. The minimum absolute atomic E-state index is 0.0573. The molecule has 3 aromatic heterocycles. The number of methoxy groups -OCH3 is 1. The second-order valence-corrected chi connectivity index (χ2v) is 8.49. The first-order valence-electron chi connectivity index (χ1n) is 10.6. The highest BCUT2D eigenvalue weighted by Crippen LogP contribution is 2.23. The lowest BCUT2D eigenvalue weighted by molar-refractivity contribution is -0.145. The van der Waals surface area contributed by atoms with E-state index in [4.69, 9.17) is 9.47 Å². The molecule has 0 aliphatic carbocycles. The van der Waals surface area contributed by atoms with E-state index in [1.165, 1.54) is 17.7 Å². The van der Waals surface area contributed by atoms with Crippen LogP contribution >= 0.6 is 11.3 Å². The number of hydrogen-bond donors (Lipinski definition) is 1. The van der Waals surface area contributed by atoms with Crippen LogP contribution in [0.5, 0.6) is 5.75 Å². The number of nitrogens with zero attached hydrogens (tertiary/aromatic N) is 5. The Labute approximate surface area is 200 Å². The van der Waals surface area contributed by atoms with Gasteiger partial charge in [0.1, 0.15) is 23.7 Å². The zero-order valence-electron chi connectivity index (χ0n) is 19.1. The minimum Gasteiger partial charge on any atom is -0.495 e. The van der Waals surface area contributed by atoms with Crippen molar-refractivity contribution in [2.45, 2.75) is 39.7 Å². The summed E-state index contributed by atoms with van der Waals surface area (Å²) in [6, 6.07) is 7.20. The normalized spacial score (nSPS) is 10.9. The molecule has 4 aromatic rings. The van der Waals surface area contributed by atoms with E-state index in [1.807, 2.05) is 26.0 Å². The second-order valence-electron chi connectivity index (χ2n) is 7.55. The van der Waals surface area contributed by atoms with Gasteiger partial charge in [-0.1, -0.05) is 12.1 Å². The van der Waals surface area contributed by atoms with Crippen LogP contribution in [0.25, 0.3) is 5.78 Å². The number of carbonyl (C=O) groups excluding carboxylic acids is 2. The molecular formula is C23H24N6O4S. The van der Waals surface area contributed by atoms with Gasteiger partial charge >= 0.3 is 5.97 Å². The van der Waals surface area contributed by atoms with Crippen LogP contribution in [0.15, 0.2) is 36.0 Å². The van der Waals surface area contributed by atoms with E-state index in [1.54, 1.807) is 29.1 Å². The summed E-state index contributed by atoms with van der Waals surface area (Å²) in [5.41, 5.74) is 3.89. The lowest BCUT2D eigenvalue weighted by Gasteiger charge is -2.10. The van der Waals surface area contributed by atoms with E-state index < -0.39 is 0 Å². The Morgan fingerprint density at radius 1 is 1.18 bits per heavy atom. The van der Waals surface area contributed by atoms with Crippen molar-refractivity contribution < 1.29 is 19.1 Å². The van der Waals surface area contributed by atoms with Crippen molar-refractivity contribution in [2.75, 3.05) is 12.4 Å². The van der Waals surface area contributed by atoms with Gasteiger partial charge in [-0.3, -0.25) is 9.59 Å². The van der Waals surface area contributed by atoms with E-state index in [0.717, 1.165) is 17.0 Å². The maximum absolute atomic E-state index is 12.4. The quantitative estimate of drug-likeness (QED) is 0.363. The number of amides is 1. The minimum atomic E-state index is -0.332. The third kappa shape index (κ3) is 5.37. The van der Waals surface area contributed by atoms with Crippen molar-refractivity contribution in [3.63, 3.8) is 0 Å². The molecule has 10 nitrogen and oxygen atoms in total. The molecule has 11 heteroatoms. The van der Waals surface area contributed by atoms with Crippen LogP contribution in [0.2, 0.25) is 0 Å². The van der Waals surface area contributed by atoms with Crippen LogP contribution in [0.1, 0.15) is 34.1 Å². The number of carbonyl (C=O) groups is 2. The molecule has 0 fully saturated rings. The molecule has 3 heterocycles. The first-order chi connectivity index (χ1) is 16.4. The van der Waals surface area contributed by atoms with Crippen LogP contribution in [-0.4, -0.2) is 43.6 Å². The van der Waals surface area contributed by atoms with Crippen LogP contribution < -0.4 is 10.1 Å². The zero-order chi connectivity index (χ0) is 24.1. The summed E-state index contributed by atoms with van der Waals surface area (Å²) in [5, 5.41) is 9.41. The number of aryl methyl sites for hydroxylation is 2. The lowest BCUT2D eigenvalue weighted by Crippen LogP contribution is -2.15. The van der Waals surface area contributed by atoms with Crippen LogP contribution in [0.3, 0.4) is 0 Å². The highest BCUT2D eigenvalue weighted by atomic mass is 32.1. The molecule has 1 aromatic carbocycles. The van der Waals surface area contributed by atoms with Crippen LogP contribution in [0, 0.1) is 13.8 Å². The summed E-state index contributed by atoms with van der Waals surface area (Å²) >= 11 is 1.35. The number of hydrogen-bond acceptors (Lipinski definition) is 9. The average molecular weight is 481 g/mol. The van der Waals surface area contributed by atoms with Gasteiger partial charge in [-0.15, -0.1) is 11.3 Å². The van der Waals surface area contributed by atoms with Gasteiger partial charge in [-0.25, -0.2) is 14.5 Å². The van der Waals surface area contributed by atoms with Gasteiger partial charge in [-0.2, -0.15) is 10.1 Å². The van der Waals surface area contributed by atoms with Crippen LogP contribution in [-0.2, 0) is 33.8 Å². The fourth-order valence-electron chi connectivity index (χ4n) is 3.55. The van der Waals surface area contributed by atoms with Gasteiger partial charge in [-0.05, 0) is 38.0 Å². The third-order valence-electron chi connectivity index (χ3n) is 5.24. The fraction of sp³-hybridized carbons (Fsp3) is 0.304. The predicted molar refractivity (Wildman–Crippen MR) is 126 cm³/mol. The molecule has 34 heavy (non-hydrogen) atoms. The monoisotopic (exact) mass is 480 g/mol. The first kappa shape index (κ1) is 23.3. The molecule has 0 spiro atoms. The molecule has 0 bridgehead atoms. The van der Waals surface area contributed by atoms with E-state index in [0.29, 0.717) is 34.3 Å². The average Bonchev–Trinajstić information content (AvgIpc) is 3.47. The molecule has 0 radical (unpaired) electrons. The number of nitrogens with one attached hydrogen (secondary N) is 1. The van der Waals surface area contributed by atoms with E-state index >= 15 is 0 Å². The predicted octanol–water partition coefficient (Wildman–Crippen LogP) is 3.06. The summed E-state index contributed by atoms with van der Waals surface area (Å²) in [7, 11) is 1.55. The second kappa shape index (κ2) is 10.4.